The molecule has 118 valence electrons. The second-order valence-corrected chi connectivity index (χ2v) is 5.35. The normalized spacial score (nSPS) is 12.1. The fraction of sp³-hybridized carbons (Fsp3) is 0.412. The molecule has 2 aromatic rings. The lowest BCUT2D eigenvalue weighted by atomic mass is 10.0. The number of hydrogen-bond donors (Lipinski definition) is 2. The van der Waals surface area contributed by atoms with E-state index < -0.39 is 0 Å². The van der Waals surface area contributed by atoms with Gasteiger partial charge in [-0.2, -0.15) is 0 Å². The molecular formula is C17H22N2O3. The van der Waals surface area contributed by atoms with Crippen LogP contribution in [0.4, 0.5) is 0 Å². The van der Waals surface area contributed by atoms with Crippen molar-refractivity contribution in [1.82, 2.24) is 10.5 Å². The van der Waals surface area contributed by atoms with E-state index in [4.69, 9.17) is 4.52 Å². The number of aliphatic hydroxyl groups excluding tert-OH is 1. The Morgan fingerprint density at radius 1 is 1.32 bits per heavy atom. The van der Waals surface area contributed by atoms with Crippen molar-refractivity contribution in [2.45, 2.75) is 39.2 Å². The zero-order chi connectivity index (χ0) is 15.9. The number of rotatable bonds is 7. The second kappa shape index (κ2) is 7.75. The lowest BCUT2D eigenvalue weighted by Gasteiger charge is -2.18. The number of aryl methyl sites for hydroxylation is 2. The summed E-state index contributed by atoms with van der Waals surface area (Å²) in [5, 5.41) is 16.1. The van der Waals surface area contributed by atoms with E-state index >= 15 is 0 Å². The summed E-state index contributed by atoms with van der Waals surface area (Å²) in [6.45, 7) is 3.76. The molecule has 0 fully saturated rings. The molecule has 0 aliphatic carbocycles. The molecule has 0 radical (unpaired) electrons. The van der Waals surface area contributed by atoms with Crippen molar-refractivity contribution in [1.29, 1.82) is 0 Å². The van der Waals surface area contributed by atoms with Crippen molar-refractivity contribution >= 4 is 5.91 Å². The number of nitrogens with zero attached hydrogens (tertiary/aromatic N) is 1. The first-order valence-corrected chi connectivity index (χ1v) is 7.48. The molecule has 5 nitrogen and oxygen atoms in total. The fourth-order valence-corrected chi connectivity index (χ4v) is 2.50. The summed E-state index contributed by atoms with van der Waals surface area (Å²) in [6.07, 6.45) is 1.48. The van der Waals surface area contributed by atoms with Crippen molar-refractivity contribution in [3.05, 3.63) is 52.9 Å². The summed E-state index contributed by atoms with van der Waals surface area (Å²) < 4.78 is 5.10. The molecule has 2 N–H and O–H groups in total. The van der Waals surface area contributed by atoms with E-state index in [0.717, 1.165) is 22.6 Å². The predicted molar refractivity (Wildman–Crippen MR) is 83.3 cm³/mol. The van der Waals surface area contributed by atoms with Crippen LogP contribution < -0.4 is 5.32 Å². The third kappa shape index (κ3) is 4.18. The summed E-state index contributed by atoms with van der Waals surface area (Å²) >= 11 is 0. The van der Waals surface area contributed by atoms with Crippen LogP contribution in [0.2, 0.25) is 0 Å². The van der Waals surface area contributed by atoms with Crippen molar-refractivity contribution in [2.24, 2.45) is 0 Å². The van der Waals surface area contributed by atoms with Crippen molar-refractivity contribution in [3.8, 4) is 0 Å². The minimum absolute atomic E-state index is 0.0315. The fourth-order valence-electron chi connectivity index (χ4n) is 2.50. The van der Waals surface area contributed by atoms with Crippen LogP contribution in [0.5, 0.6) is 0 Å². The number of carbonyl (C=O) groups excluding carboxylic acids is 1. The summed E-state index contributed by atoms with van der Waals surface area (Å²) in [5.74, 6) is 0.725. The maximum Gasteiger partial charge on any atom is 0.220 e. The number of aliphatic hydroxyl groups is 1. The molecule has 0 aliphatic heterocycles. The Morgan fingerprint density at radius 3 is 2.64 bits per heavy atom. The van der Waals surface area contributed by atoms with Gasteiger partial charge in [0.05, 0.1) is 11.7 Å². The summed E-state index contributed by atoms with van der Waals surface area (Å²) in [6, 6.07) is 9.52. The summed E-state index contributed by atoms with van der Waals surface area (Å²) in [4.78, 5) is 12.2. The number of amides is 1. The molecule has 0 saturated carbocycles. The molecule has 1 amide bonds. The Hall–Kier alpha value is -2.14. The van der Waals surface area contributed by atoms with Gasteiger partial charge < -0.3 is 14.9 Å². The zero-order valence-electron chi connectivity index (χ0n) is 13.0. The molecule has 1 aromatic heterocycles. The molecular weight excluding hydrogens is 280 g/mol. The molecule has 22 heavy (non-hydrogen) atoms. The largest absolute Gasteiger partial charge is 0.396 e. The minimum Gasteiger partial charge on any atom is -0.396 e. The zero-order valence-corrected chi connectivity index (χ0v) is 13.0. The molecule has 0 bridgehead atoms. The van der Waals surface area contributed by atoms with Crippen LogP contribution >= 0.6 is 0 Å². The molecule has 5 heteroatoms. The first kappa shape index (κ1) is 16.2. The van der Waals surface area contributed by atoms with Gasteiger partial charge in [0.2, 0.25) is 5.91 Å². The van der Waals surface area contributed by atoms with E-state index in [1.54, 1.807) is 0 Å². The lowest BCUT2D eigenvalue weighted by molar-refractivity contribution is -0.121. The Labute approximate surface area is 130 Å². The molecule has 1 aromatic carbocycles. The third-order valence-corrected chi connectivity index (χ3v) is 3.74. The molecule has 1 atom stereocenters. The van der Waals surface area contributed by atoms with Gasteiger partial charge in [-0.05, 0) is 32.3 Å². The van der Waals surface area contributed by atoms with Crippen molar-refractivity contribution in [3.63, 3.8) is 0 Å². The van der Waals surface area contributed by atoms with Gasteiger partial charge in [-0.25, -0.2) is 0 Å². The minimum atomic E-state index is -0.164. The van der Waals surface area contributed by atoms with Gasteiger partial charge in [0, 0.05) is 18.6 Å². The van der Waals surface area contributed by atoms with Gasteiger partial charge in [0.1, 0.15) is 5.76 Å². The van der Waals surface area contributed by atoms with Crippen LogP contribution in [0.1, 0.15) is 41.5 Å². The average Bonchev–Trinajstić information content (AvgIpc) is 2.84. The highest BCUT2D eigenvalue weighted by Gasteiger charge is 2.15. The van der Waals surface area contributed by atoms with Crippen LogP contribution in [0.3, 0.4) is 0 Å². The highest BCUT2D eigenvalue weighted by molar-refractivity contribution is 5.76. The van der Waals surface area contributed by atoms with E-state index in [1.807, 2.05) is 44.2 Å². The maximum absolute atomic E-state index is 12.2. The van der Waals surface area contributed by atoms with Crippen LogP contribution in [0.25, 0.3) is 0 Å². The van der Waals surface area contributed by atoms with E-state index in [0.29, 0.717) is 19.3 Å². The molecule has 0 saturated heterocycles. The van der Waals surface area contributed by atoms with E-state index in [2.05, 4.69) is 10.5 Å². The topological polar surface area (TPSA) is 75.4 Å². The predicted octanol–water partition coefficient (Wildman–Crippen LogP) is 2.46. The summed E-state index contributed by atoms with van der Waals surface area (Å²) in [5.41, 5.74) is 2.83. The Morgan fingerprint density at radius 2 is 2.05 bits per heavy atom. The third-order valence-electron chi connectivity index (χ3n) is 3.74. The van der Waals surface area contributed by atoms with Crippen LogP contribution in [0, 0.1) is 13.8 Å². The van der Waals surface area contributed by atoms with Gasteiger partial charge in [-0.1, -0.05) is 35.5 Å². The number of nitrogens with one attached hydrogen (secondary N) is 1. The number of hydrogen-bond acceptors (Lipinski definition) is 4. The van der Waals surface area contributed by atoms with E-state index in [-0.39, 0.29) is 18.6 Å². The van der Waals surface area contributed by atoms with Crippen LogP contribution in [-0.4, -0.2) is 22.8 Å². The van der Waals surface area contributed by atoms with Crippen LogP contribution in [0.15, 0.2) is 34.9 Å². The molecule has 1 unspecified atom stereocenters. The van der Waals surface area contributed by atoms with Gasteiger partial charge in [0.15, 0.2) is 0 Å². The first-order chi connectivity index (χ1) is 10.6. The molecule has 0 spiro atoms. The van der Waals surface area contributed by atoms with Crippen molar-refractivity contribution < 1.29 is 14.4 Å². The van der Waals surface area contributed by atoms with Gasteiger partial charge in [0.25, 0.3) is 0 Å². The Balaban J connectivity index is 1.94. The lowest BCUT2D eigenvalue weighted by Crippen LogP contribution is -2.29. The number of carbonyl (C=O) groups is 1. The highest BCUT2D eigenvalue weighted by atomic mass is 16.5. The quantitative estimate of drug-likeness (QED) is 0.824. The Kier molecular flexibility index (Phi) is 5.72. The van der Waals surface area contributed by atoms with Gasteiger partial charge >= 0.3 is 0 Å². The van der Waals surface area contributed by atoms with Crippen LogP contribution in [-0.2, 0) is 11.2 Å². The SMILES string of the molecule is Cc1noc(C)c1CCC(=O)NC(CCO)c1ccccc1. The monoisotopic (exact) mass is 302 g/mol. The molecule has 0 aliphatic rings. The van der Waals surface area contributed by atoms with Crippen molar-refractivity contribution in [2.75, 3.05) is 6.61 Å². The number of aromatic nitrogens is 1. The van der Waals surface area contributed by atoms with E-state index in [9.17, 15) is 9.90 Å². The highest BCUT2D eigenvalue weighted by Crippen LogP contribution is 2.18. The molecule has 1 heterocycles. The van der Waals surface area contributed by atoms with E-state index in [1.165, 1.54) is 0 Å². The average molecular weight is 302 g/mol. The van der Waals surface area contributed by atoms with Gasteiger partial charge in [-0.15, -0.1) is 0 Å². The molecule has 2 rings (SSSR count). The maximum atomic E-state index is 12.2. The number of benzene rings is 1. The smallest absolute Gasteiger partial charge is 0.220 e. The standard InChI is InChI=1S/C17H22N2O3/c1-12-15(13(2)22-19-12)8-9-17(21)18-16(10-11-20)14-6-4-3-5-7-14/h3-7,16,20H,8-11H2,1-2H3,(H,18,21). The Bertz CT molecular complexity index is 588. The summed E-state index contributed by atoms with van der Waals surface area (Å²) in [7, 11) is 0. The van der Waals surface area contributed by atoms with Gasteiger partial charge in [-0.3, -0.25) is 4.79 Å². The first-order valence-electron chi connectivity index (χ1n) is 7.48. The second-order valence-electron chi connectivity index (χ2n) is 5.35.